The van der Waals surface area contributed by atoms with Crippen LogP contribution in [0.2, 0.25) is 0 Å². The first-order chi connectivity index (χ1) is 13.1. The Morgan fingerprint density at radius 3 is 2.63 bits per heavy atom. The predicted octanol–water partition coefficient (Wildman–Crippen LogP) is 2.98. The quantitative estimate of drug-likeness (QED) is 0.756. The van der Waals surface area contributed by atoms with Gasteiger partial charge in [-0.3, -0.25) is 4.90 Å². The third-order valence-electron chi connectivity index (χ3n) is 4.92. The van der Waals surface area contributed by atoms with Crippen molar-refractivity contribution in [3.8, 4) is 5.88 Å². The zero-order valence-electron chi connectivity index (χ0n) is 16.2. The Bertz CT molecular complexity index is 767. The highest BCUT2D eigenvalue weighted by Gasteiger charge is 2.24. The second-order valence-corrected chi connectivity index (χ2v) is 6.83. The van der Waals surface area contributed by atoms with Crippen LogP contribution in [-0.2, 0) is 11.3 Å². The summed E-state index contributed by atoms with van der Waals surface area (Å²) < 4.78 is 10.1. The van der Waals surface area contributed by atoms with Gasteiger partial charge in [-0.2, -0.15) is 4.98 Å². The van der Waals surface area contributed by atoms with Crippen molar-refractivity contribution in [3.63, 3.8) is 0 Å². The van der Waals surface area contributed by atoms with E-state index in [0.29, 0.717) is 17.5 Å². The summed E-state index contributed by atoms with van der Waals surface area (Å²) in [6.45, 7) is 6.09. The number of ether oxygens (including phenoxy) is 2. The van der Waals surface area contributed by atoms with Crippen LogP contribution in [0.4, 0.5) is 5.82 Å². The van der Waals surface area contributed by atoms with E-state index in [1.54, 1.807) is 6.07 Å². The van der Waals surface area contributed by atoms with E-state index in [9.17, 15) is 4.79 Å². The van der Waals surface area contributed by atoms with Gasteiger partial charge in [0.1, 0.15) is 11.4 Å². The number of hydrogen-bond acceptors (Lipinski definition) is 6. The number of methoxy groups -OCH3 is 2. The summed E-state index contributed by atoms with van der Waals surface area (Å²) in [7, 11) is 2.87. The molecule has 1 aromatic heterocycles. The van der Waals surface area contributed by atoms with Gasteiger partial charge in [0.05, 0.1) is 14.2 Å². The summed E-state index contributed by atoms with van der Waals surface area (Å²) >= 11 is 0. The number of hydrogen-bond donors (Lipinski definition) is 0. The fourth-order valence-corrected chi connectivity index (χ4v) is 3.59. The van der Waals surface area contributed by atoms with Crippen molar-refractivity contribution in [1.82, 2.24) is 9.88 Å². The maximum Gasteiger partial charge on any atom is 0.343 e. The van der Waals surface area contributed by atoms with Crippen molar-refractivity contribution in [2.75, 3.05) is 38.8 Å². The third kappa shape index (κ3) is 4.57. The molecule has 0 spiro atoms. The Kier molecular flexibility index (Phi) is 6.29. The van der Waals surface area contributed by atoms with Crippen molar-refractivity contribution >= 4 is 11.8 Å². The van der Waals surface area contributed by atoms with Crippen LogP contribution in [0.3, 0.4) is 0 Å². The van der Waals surface area contributed by atoms with Crippen LogP contribution in [-0.4, -0.2) is 55.7 Å². The molecule has 1 atom stereocenters. The van der Waals surface area contributed by atoms with Gasteiger partial charge in [0.15, 0.2) is 0 Å². The molecule has 6 nitrogen and oxygen atoms in total. The van der Waals surface area contributed by atoms with E-state index in [2.05, 4.69) is 46.0 Å². The van der Waals surface area contributed by atoms with Crippen LogP contribution < -0.4 is 9.64 Å². The third-order valence-corrected chi connectivity index (χ3v) is 4.92. The van der Waals surface area contributed by atoms with Gasteiger partial charge in [0.2, 0.25) is 5.88 Å². The molecule has 27 heavy (non-hydrogen) atoms. The van der Waals surface area contributed by atoms with Gasteiger partial charge in [-0.25, -0.2) is 4.79 Å². The molecule has 6 heteroatoms. The molecule has 0 N–H and O–H groups in total. The van der Waals surface area contributed by atoms with E-state index < -0.39 is 5.97 Å². The number of anilines is 1. The summed E-state index contributed by atoms with van der Waals surface area (Å²) in [6, 6.07) is 14.5. The monoisotopic (exact) mass is 369 g/mol. The molecule has 0 aliphatic carbocycles. The molecule has 1 aromatic carbocycles. The maximum absolute atomic E-state index is 11.9. The van der Waals surface area contributed by atoms with Crippen molar-refractivity contribution in [2.24, 2.45) is 0 Å². The molecular formula is C21H27N3O3. The molecule has 3 rings (SSSR count). The Balaban J connectivity index is 1.74. The van der Waals surface area contributed by atoms with Crippen LogP contribution in [0, 0.1) is 0 Å². The zero-order valence-corrected chi connectivity index (χ0v) is 16.2. The molecule has 1 unspecified atom stereocenters. The molecule has 0 bridgehead atoms. The minimum atomic E-state index is -0.441. The van der Waals surface area contributed by atoms with E-state index >= 15 is 0 Å². The minimum absolute atomic E-state index is 0.303. The molecule has 0 amide bonds. The lowest BCUT2D eigenvalue weighted by Gasteiger charge is -2.30. The lowest BCUT2D eigenvalue weighted by Crippen LogP contribution is -2.39. The van der Waals surface area contributed by atoms with Gasteiger partial charge in [-0.05, 0) is 31.0 Å². The highest BCUT2D eigenvalue weighted by atomic mass is 16.5. The van der Waals surface area contributed by atoms with Crippen molar-refractivity contribution < 1.29 is 14.3 Å². The Hall–Kier alpha value is -2.60. The lowest BCUT2D eigenvalue weighted by atomic mass is 10.2. The molecule has 0 radical (unpaired) electrons. The van der Waals surface area contributed by atoms with Gasteiger partial charge in [0, 0.05) is 32.2 Å². The summed E-state index contributed by atoms with van der Waals surface area (Å²) in [5.41, 5.74) is 1.68. The number of carbonyl (C=O) groups is 1. The van der Waals surface area contributed by atoms with Gasteiger partial charge in [-0.15, -0.1) is 0 Å². The molecular weight excluding hydrogens is 342 g/mol. The largest absolute Gasteiger partial charge is 0.480 e. The predicted molar refractivity (Wildman–Crippen MR) is 105 cm³/mol. The van der Waals surface area contributed by atoms with Gasteiger partial charge >= 0.3 is 5.97 Å². The topological polar surface area (TPSA) is 54.9 Å². The molecule has 144 valence electrons. The van der Waals surface area contributed by atoms with Crippen molar-refractivity contribution in [1.29, 1.82) is 0 Å². The first kappa shape index (κ1) is 19.2. The SMILES string of the molecule is COC(=O)c1ccc(N2CCCN(Cc3ccccc3)CC2C)nc1OC. The molecule has 1 fully saturated rings. The summed E-state index contributed by atoms with van der Waals surface area (Å²) in [5.74, 6) is 0.689. The second kappa shape index (κ2) is 8.86. The van der Waals surface area contributed by atoms with E-state index in [1.165, 1.54) is 19.8 Å². The Labute approximate surface area is 160 Å². The number of aromatic nitrogens is 1. The van der Waals surface area contributed by atoms with E-state index in [0.717, 1.165) is 38.4 Å². The fourth-order valence-electron chi connectivity index (χ4n) is 3.59. The maximum atomic E-state index is 11.9. The summed E-state index contributed by atoms with van der Waals surface area (Å²) in [5, 5.41) is 0. The number of rotatable bonds is 5. The number of pyridine rings is 1. The first-order valence-corrected chi connectivity index (χ1v) is 9.28. The smallest absolute Gasteiger partial charge is 0.343 e. The molecule has 1 saturated heterocycles. The normalized spacial score (nSPS) is 18.0. The number of carbonyl (C=O) groups excluding carboxylic acids is 1. The van der Waals surface area contributed by atoms with Crippen LogP contribution in [0.1, 0.15) is 29.3 Å². The number of nitrogens with zero attached hydrogens (tertiary/aromatic N) is 3. The fraction of sp³-hybridized carbons (Fsp3) is 0.429. The Morgan fingerprint density at radius 2 is 1.93 bits per heavy atom. The molecule has 1 aliphatic rings. The molecule has 2 aromatic rings. The lowest BCUT2D eigenvalue weighted by molar-refractivity contribution is 0.0596. The number of benzene rings is 1. The Morgan fingerprint density at radius 1 is 1.15 bits per heavy atom. The van der Waals surface area contributed by atoms with E-state index in [1.807, 2.05) is 12.1 Å². The standard InChI is InChI=1S/C21H27N3O3/c1-16-14-23(15-17-8-5-4-6-9-17)12-7-13-24(16)19-11-10-18(21(25)27-3)20(22-19)26-2/h4-6,8-11,16H,7,12-15H2,1-3H3. The van der Waals surface area contributed by atoms with Crippen LogP contribution in [0.25, 0.3) is 0 Å². The van der Waals surface area contributed by atoms with E-state index in [4.69, 9.17) is 9.47 Å². The van der Waals surface area contributed by atoms with Gasteiger partial charge < -0.3 is 14.4 Å². The van der Waals surface area contributed by atoms with Crippen molar-refractivity contribution in [3.05, 3.63) is 53.6 Å². The molecule has 0 saturated carbocycles. The van der Waals surface area contributed by atoms with Crippen LogP contribution >= 0.6 is 0 Å². The molecule has 2 heterocycles. The zero-order chi connectivity index (χ0) is 19.2. The highest BCUT2D eigenvalue weighted by molar-refractivity contribution is 5.92. The summed E-state index contributed by atoms with van der Waals surface area (Å²) in [6.07, 6.45) is 1.06. The first-order valence-electron chi connectivity index (χ1n) is 9.28. The second-order valence-electron chi connectivity index (χ2n) is 6.83. The van der Waals surface area contributed by atoms with Crippen LogP contribution in [0.5, 0.6) is 5.88 Å². The average Bonchev–Trinajstić information content (AvgIpc) is 2.88. The molecule has 1 aliphatic heterocycles. The van der Waals surface area contributed by atoms with Gasteiger partial charge in [0.25, 0.3) is 0 Å². The average molecular weight is 369 g/mol. The summed E-state index contributed by atoms with van der Waals surface area (Å²) in [4.78, 5) is 21.2. The van der Waals surface area contributed by atoms with Crippen LogP contribution in [0.15, 0.2) is 42.5 Å². The minimum Gasteiger partial charge on any atom is -0.480 e. The number of esters is 1. The van der Waals surface area contributed by atoms with Crippen molar-refractivity contribution in [2.45, 2.75) is 25.9 Å². The highest BCUT2D eigenvalue weighted by Crippen LogP contribution is 2.25. The van der Waals surface area contributed by atoms with Gasteiger partial charge in [-0.1, -0.05) is 30.3 Å². The van der Waals surface area contributed by atoms with E-state index in [-0.39, 0.29) is 0 Å².